The van der Waals surface area contributed by atoms with Gasteiger partial charge in [0.15, 0.2) is 9.84 Å². The number of hydrogen-bond acceptors (Lipinski definition) is 4. The molecule has 1 aliphatic carbocycles. The lowest BCUT2D eigenvalue weighted by Gasteiger charge is -2.08. The molecule has 1 aromatic carbocycles. The second-order valence-corrected chi connectivity index (χ2v) is 7.76. The first kappa shape index (κ1) is 15.1. The summed E-state index contributed by atoms with van der Waals surface area (Å²) in [6.07, 6.45) is 3.32. The van der Waals surface area contributed by atoms with Gasteiger partial charge in [0, 0.05) is 28.8 Å². The van der Waals surface area contributed by atoms with Gasteiger partial charge >= 0.3 is 5.97 Å². The lowest BCUT2D eigenvalue weighted by atomic mass is 10.0. The number of hydrogen-bond donors (Lipinski definition) is 1. The third kappa shape index (κ3) is 2.63. The van der Waals surface area contributed by atoms with Gasteiger partial charge in [-0.2, -0.15) is 0 Å². The zero-order valence-electron chi connectivity index (χ0n) is 12.7. The molecular formula is C16H19NO4S. The Hall–Kier alpha value is -1.82. The zero-order valence-corrected chi connectivity index (χ0v) is 13.5. The van der Waals surface area contributed by atoms with E-state index < -0.39 is 9.84 Å². The maximum absolute atomic E-state index is 11.7. The van der Waals surface area contributed by atoms with Crippen molar-refractivity contribution in [2.75, 3.05) is 12.9 Å². The molecule has 5 nitrogen and oxygen atoms in total. The summed E-state index contributed by atoms with van der Waals surface area (Å²) < 4.78 is 28.4. The molecule has 22 heavy (non-hydrogen) atoms. The van der Waals surface area contributed by atoms with Crippen molar-refractivity contribution in [3.8, 4) is 0 Å². The Morgan fingerprint density at radius 2 is 2.18 bits per heavy atom. The minimum Gasteiger partial charge on any atom is -0.466 e. The van der Waals surface area contributed by atoms with Gasteiger partial charge in [0.05, 0.1) is 17.9 Å². The molecule has 0 amide bonds. The van der Waals surface area contributed by atoms with E-state index in [1.54, 1.807) is 25.1 Å². The summed E-state index contributed by atoms with van der Waals surface area (Å²) in [5.41, 5.74) is 3.11. The number of nitrogens with one attached hydrogen (secondary N) is 1. The van der Waals surface area contributed by atoms with E-state index in [9.17, 15) is 13.2 Å². The van der Waals surface area contributed by atoms with Crippen LogP contribution in [0, 0.1) is 0 Å². The Labute approximate surface area is 129 Å². The van der Waals surface area contributed by atoms with Crippen molar-refractivity contribution in [2.45, 2.75) is 37.0 Å². The standard InChI is InChI=1S/C16H19NO4S/c1-3-21-15(18)8-10-4-6-12-13-9-11(22(2,19)20)5-7-14(13)17-16(10)12/h5,7,9-10,17H,3-4,6,8H2,1-2H3. The number of aromatic nitrogens is 1. The van der Waals surface area contributed by atoms with Crippen LogP contribution in [0.5, 0.6) is 0 Å². The number of ether oxygens (including phenoxy) is 1. The van der Waals surface area contributed by atoms with E-state index in [-0.39, 0.29) is 11.9 Å². The van der Waals surface area contributed by atoms with Crippen LogP contribution in [0.25, 0.3) is 10.9 Å². The topological polar surface area (TPSA) is 76.2 Å². The van der Waals surface area contributed by atoms with Crippen molar-refractivity contribution in [3.63, 3.8) is 0 Å². The van der Waals surface area contributed by atoms with E-state index in [4.69, 9.17) is 4.74 Å². The molecule has 3 rings (SSSR count). The number of benzene rings is 1. The van der Waals surface area contributed by atoms with Gasteiger partial charge in [-0.15, -0.1) is 0 Å². The maximum atomic E-state index is 11.7. The molecule has 118 valence electrons. The van der Waals surface area contributed by atoms with E-state index in [1.165, 1.54) is 6.26 Å². The molecule has 0 saturated heterocycles. The van der Waals surface area contributed by atoms with Crippen molar-refractivity contribution < 1.29 is 17.9 Å². The molecule has 0 bridgehead atoms. The summed E-state index contributed by atoms with van der Waals surface area (Å²) in [5, 5.41) is 0.948. The van der Waals surface area contributed by atoms with E-state index in [2.05, 4.69) is 4.98 Å². The molecule has 1 N–H and O–H groups in total. The number of aryl methyl sites for hydroxylation is 1. The van der Waals surface area contributed by atoms with Crippen LogP contribution >= 0.6 is 0 Å². The number of carbonyl (C=O) groups is 1. The van der Waals surface area contributed by atoms with Crippen LogP contribution in [0.15, 0.2) is 23.1 Å². The fraction of sp³-hybridized carbons (Fsp3) is 0.438. The molecule has 1 heterocycles. The highest BCUT2D eigenvalue weighted by atomic mass is 32.2. The van der Waals surface area contributed by atoms with Gasteiger partial charge in [-0.1, -0.05) is 0 Å². The van der Waals surface area contributed by atoms with Crippen molar-refractivity contribution >= 4 is 26.7 Å². The van der Waals surface area contributed by atoms with Crippen LogP contribution in [-0.4, -0.2) is 32.2 Å². The Kier molecular flexibility index (Phi) is 3.72. The van der Waals surface area contributed by atoms with Crippen LogP contribution in [0.3, 0.4) is 0 Å². The molecule has 0 saturated carbocycles. The first-order chi connectivity index (χ1) is 10.4. The summed E-state index contributed by atoms with van der Waals surface area (Å²) in [6, 6.07) is 5.14. The number of H-pyrrole nitrogens is 1. The number of carbonyl (C=O) groups excluding carboxylic acids is 1. The Morgan fingerprint density at radius 1 is 1.41 bits per heavy atom. The van der Waals surface area contributed by atoms with Gasteiger partial charge < -0.3 is 9.72 Å². The van der Waals surface area contributed by atoms with E-state index in [1.807, 2.05) is 0 Å². The fourth-order valence-electron chi connectivity index (χ4n) is 3.18. The lowest BCUT2D eigenvalue weighted by molar-refractivity contribution is -0.143. The van der Waals surface area contributed by atoms with Crippen LogP contribution in [0.4, 0.5) is 0 Å². The molecule has 2 aromatic rings. The molecule has 6 heteroatoms. The van der Waals surface area contributed by atoms with Gasteiger partial charge in [0.25, 0.3) is 0 Å². The van der Waals surface area contributed by atoms with Crippen LogP contribution in [0.2, 0.25) is 0 Å². The van der Waals surface area contributed by atoms with Gasteiger partial charge in [0.1, 0.15) is 0 Å². The van der Waals surface area contributed by atoms with E-state index >= 15 is 0 Å². The summed E-state index contributed by atoms with van der Waals surface area (Å²) >= 11 is 0. The molecule has 1 unspecified atom stereocenters. The van der Waals surface area contributed by atoms with E-state index in [0.29, 0.717) is 17.9 Å². The van der Waals surface area contributed by atoms with Crippen LogP contribution < -0.4 is 0 Å². The van der Waals surface area contributed by atoms with Gasteiger partial charge in [-0.25, -0.2) is 8.42 Å². The van der Waals surface area contributed by atoms with Gasteiger partial charge in [-0.3, -0.25) is 4.79 Å². The Bertz CT molecular complexity index is 835. The van der Waals surface area contributed by atoms with Crippen molar-refractivity contribution in [1.82, 2.24) is 4.98 Å². The summed E-state index contributed by atoms with van der Waals surface area (Å²) in [6.45, 7) is 2.19. The normalized spacial score (nSPS) is 17.6. The average Bonchev–Trinajstić information content (AvgIpc) is 2.97. The molecule has 0 spiro atoms. The number of fused-ring (bicyclic) bond motifs is 3. The average molecular weight is 321 g/mol. The molecule has 1 aliphatic rings. The van der Waals surface area contributed by atoms with E-state index in [0.717, 1.165) is 35.0 Å². The number of rotatable bonds is 4. The van der Waals surface area contributed by atoms with Gasteiger partial charge in [-0.05, 0) is 43.5 Å². The molecular weight excluding hydrogens is 302 g/mol. The zero-order chi connectivity index (χ0) is 15.9. The first-order valence-corrected chi connectivity index (χ1v) is 9.29. The molecule has 0 fully saturated rings. The smallest absolute Gasteiger partial charge is 0.306 e. The predicted molar refractivity (Wildman–Crippen MR) is 83.7 cm³/mol. The SMILES string of the molecule is CCOC(=O)CC1CCc2c1[nH]c1ccc(S(C)(=O)=O)cc21. The number of sulfone groups is 1. The summed E-state index contributed by atoms with van der Waals surface area (Å²) in [5.74, 6) is -0.0565. The van der Waals surface area contributed by atoms with Crippen LogP contribution in [0.1, 0.15) is 36.9 Å². The second kappa shape index (κ2) is 5.43. The fourth-order valence-corrected chi connectivity index (χ4v) is 3.83. The minimum atomic E-state index is -3.22. The predicted octanol–water partition coefficient (Wildman–Crippen LogP) is 2.55. The first-order valence-electron chi connectivity index (χ1n) is 7.40. The molecule has 1 atom stereocenters. The summed E-state index contributed by atoms with van der Waals surface area (Å²) in [7, 11) is -3.22. The highest BCUT2D eigenvalue weighted by molar-refractivity contribution is 7.90. The summed E-state index contributed by atoms with van der Waals surface area (Å²) in [4.78, 5) is 15.4. The molecule has 1 aromatic heterocycles. The van der Waals surface area contributed by atoms with Gasteiger partial charge in [0.2, 0.25) is 0 Å². The van der Waals surface area contributed by atoms with Crippen molar-refractivity contribution in [2.24, 2.45) is 0 Å². The third-order valence-corrected chi connectivity index (χ3v) is 5.32. The van der Waals surface area contributed by atoms with Crippen molar-refractivity contribution in [3.05, 3.63) is 29.5 Å². The van der Waals surface area contributed by atoms with Crippen LogP contribution in [-0.2, 0) is 25.8 Å². The third-order valence-electron chi connectivity index (χ3n) is 4.21. The Morgan fingerprint density at radius 3 is 2.86 bits per heavy atom. The highest BCUT2D eigenvalue weighted by Gasteiger charge is 2.29. The quantitative estimate of drug-likeness (QED) is 0.878. The molecule has 0 radical (unpaired) electrons. The highest BCUT2D eigenvalue weighted by Crippen LogP contribution is 2.40. The number of aromatic amines is 1. The second-order valence-electron chi connectivity index (χ2n) is 5.74. The molecule has 0 aliphatic heterocycles. The number of esters is 1. The Balaban J connectivity index is 1.98. The minimum absolute atomic E-state index is 0.128. The maximum Gasteiger partial charge on any atom is 0.306 e. The lowest BCUT2D eigenvalue weighted by Crippen LogP contribution is -2.09. The van der Waals surface area contributed by atoms with Crippen molar-refractivity contribution in [1.29, 1.82) is 0 Å². The largest absolute Gasteiger partial charge is 0.466 e. The monoisotopic (exact) mass is 321 g/mol.